The third-order valence-corrected chi connectivity index (χ3v) is 7.98. The number of benzene rings is 3. The van der Waals surface area contributed by atoms with Gasteiger partial charge in [0.25, 0.3) is 0 Å². The molecule has 214 valence electrons. The van der Waals surface area contributed by atoms with Gasteiger partial charge < -0.3 is 19.3 Å². The maximum atomic E-state index is 13.8. The third-order valence-electron chi connectivity index (χ3n) is 7.73. The van der Waals surface area contributed by atoms with Gasteiger partial charge >= 0.3 is 12.2 Å². The van der Waals surface area contributed by atoms with Gasteiger partial charge in [-0.05, 0) is 91.1 Å². The van der Waals surface area contributed by atoms with Crippen molar-refractivity contribution in [3.8, 4) is 11.5 Å². The van der Waals surface area contributed by atoms with Crippen molar-refractivity contribution in [2.24, 2.45) is 0 Å². The largest absolute Gasteiger partial charge is 0.477 e. The molecule has 0 spiro atoms. The van der Waals surface area contributed by atoms with Crippen LogP contribution in [0.1, 0.15) is 36.4 Å². The molecule has 0 bridgehead atoms. The first-order chi connectivity index (χ1) is 19.8. The second-order valence-corrected chi connectivity index (χ2v) is 10.8. The van der Waals surface area contributed by atoms with Crippen molar-refractivity contribution in [2.75, 3.05) is 37.7 Å². The number of nitrogens with zero attached hydrogens (tertiary/aromatic N) is 3. The average molecular weight is 584 g/mol. The first kappa shape index (κ1) is 27.3. The molecule has 2 saturated heterocycles. The predicted molar refractivity (Wildman–Crippen MR) is 150 cm³/mol. The van der Waals surface area contributed by atoms with Crippen LogP contribution in [0.2, 0.25) is 5.02 Å². The maximum absolute atomic E-state index is 13.8. The van der Waals surface area contributed by atoms with E-state index < -0.39 is 17.8 Å². The zero-order chi connectivity index (χ0) is 28.6. The minimum absolute atomic E-state index is 0.253. The fourth-order valence-corrected chi connectivity index (χ4v) is 5.54. The Morgan fingerprint density at radius 3 is 2.27 bits per heavy atom. The van der Waals surface area contributed by atoms with Gasteiger partial charge in [-0.2, -0.15) is 13.2 Å². The summed E-state index contributed by atoms with van der Waals surface area (Å²) in [6.07, 6.45) is -1.24. The summed E-state index contributed by atoms with van der Waals surface area (Å²) in [7, 11) is 0. The molecule has 1 unspecified atom stereocenters. The van der Waals surface area contributed by atoms with Crippen LogP contribution in [0, 0.1) is 0 Å². The fraction of sp³-hybridized carbons (Fsp3) is 0.323. The van der Waals surface area contributed by atoms with Gasteiger partial charge in [0.2, 0.25) is 0 Å². The molecule has 6 rings (SSSR count). The van der Waals surface area contributed by atoms with Crippen LogP contribution in [0.5, 0.6) is 11.5 Å². The van der Waals surface area contributed by atoms with Gasteiger partial charge in [-0.25, -0.2) is 4.79 Å². The van der Waals surface area contributed by atoms with Crippen LogP contribution in [0.4, 0.5) is 23.7 Å². The molecule has 1 saturated carbocycles. The number of alkyl halides is 3. The molecule has 10 heteroatoms. The summed E-state index contributed by atoms with van der Waals surface area (Å²) in [5.41, 5.74) is 1.59. The van der Waals surface area contributed by atoms with Crippen LogP contribution in [0.25, 0.3) is 0 Å². The fourth-order valence-electron chi connectivity index (χ4n) is 5.41. The monoisotopic (exact) mass is 583 g/mol. The van der Waals surface area contributed by atoms with E-state index in [2.05, 4.69) is 4.90 Å². The second kappa shape index (κ2) is 11.2. The van der Waals surface area contributed by atoms with E-state index in [-0.39, 0.29) is 12.6 Å². The van der Waals surface area contributed by atoms with Crippen LogP contribution in [-0.2, 0) is 10.9 Å². The van der Waals surface area contributed by atoms with E-state index in [0.29, 0.717) is 47.5 Å². The summed E-state index contributed by atoms with van der Waals surface area (Å²) >= 11 is 5.95. The van der Waals surface area contributed by atoms with Crippen LogP contribution in [0.3, 0.4) is 0 Å². The number of ether oxygens (including phenoxy) is 2. The molecule has 0 aromatic heterocycles. The van der Waals surface area contributed by atoms with Gasteiger partial charge in [-0.1, -0.05) is 23.7 Å². The molecule has 3 aliphatic rings. The summed E-state index contributed by atoms with van der Waals surface area (Å²) in [4.78, 5) is 19.3. The Hall–Kier alpha value is -3.85. The van der Waals surface area contributed by atoms with Gasteiger partial charge in [0, 0.05) is 30.3 Å². The van der Waals surface area contributed by atoms with Crippen molar-refractivity contribution < 1.29 is 27.4 Å². The number of carbonyl (C=O) groups is 1. The van der Waals surface area contributed by atoms with Crippen LogP contribution < -0.4 is 9.64 Å². The summed E-state index contributed by atoms with van der Waals surface area (Å²) in [6.45, 7) is 2.68. The average Bonchev–Trinajstić information content (AvgIpc) is 3.52. The van der Waals surface area contributed by atoms with Crippen molar-refractivity contribution in [3.05, 3.63) is 100 Å². The molecule has 3 aromatic carbocycles. The Kier molecular flexibility index (Phi) is 7.46. The van der Waals surface area contributed by atoms with Crippen molar-refractivity contribution >= 4 is 23.3 Å². The molecular weight excluding hydrogens is 555 g/mol. The van der Waals surface area contributed by atoms with Crippen molar-refractivity contribution in [3.63, 3.8) is 0 Å². The van der Waals surface area contributed by atoms with E-state index >= 15 is 0 Å². The lowest BCUT2D eigenvalue weighted by Gasteiger charge is -2.27. The highest BCUT2D eigenvalue weighted by Crippen LogP contribution is 2.39. The number of allylic oxidation sites excluding steroid dienone is 1. The van der Waals surface area contributed by atoms with Gasteiger partial charge in [0.15, 0.2) is 5.88 Å². The highest BCUT2D eigenvalue weighted by Gasteiger charge is 2.40. The topological polar surface area (TPSA) is 45.2 Å². The highest BCUT2D eigenvalue weighted by molar-refractivity contribution is 6.30. The van der Waals surface area contributed by atoms with Crippen molar-refractivity contribution in [1.82, 2.24) is 9.80 Å². The number of amides is 2. The Bertz CT molecular complexity index is 1440. The van der Waals surface area contributed by atoms with E-state index in [1.54, 1.807) is 64.4 Å². The third kappa shape index (κ3) is 5.81. The number of carbonyl (C=O) groups excluding carboxylic acids is 1. The molecule has 0 radical (unpaired) electrons. The lowest BCUT2D eigenvalue weighted by molar-refractivity contribution is -0.137. The lowest BCUT2D eigenvalue weighted by atomic mass is 9.92. The molecule has 6 nitrogen and oxygen atoms in total. The Morgan fingerprint density at radius 1 is 0.927 bits per heavy atom. The molecule has 1 atom stereocenters. The minimum atomic E-state index is -4.48. The molecular formula is C31H29ClF3N3O3. The van der Waals surface area contributed by atoms with Crippen LogP contribution >= 0.6 is 11.6 Å². The van der Waals surface area contributed by atoms with Crippen molar-refractivity contribution in [2.45, 2.75) is 31.5 Å². The second-order valence-electron chi connectivity index (χ2n) is 10.4. The molecule has 41 heavy (non-hydrogen) atoms. The number of urea groups is 1. The number of hydrogen-bond donors (Lipinski definition) is 0. The quantitative estimate of drug-likeness (QED) is 0.284. The van der Waals surface area contributed by atoms with E-state index in [1.165, 1.54) is 11.6 Å². The molecule has 2 heterocycles. The minimum Gasteiger partial charge on any atom is -0.477 e. The smallest absolute Gasteiger partial charge is 0.416 e. The first-order valence-electron chi connectivity index (χ1n) is 13.6. The van der Waals surface area contributed by atoms with Crippen LogP contribution in [0.15, 0.2) is 84.3 Å². The van der Waals surface area contributed by atoms with E-state index in [1.807, 2.05) is 0 Å². The molecule has 0 N–H and O–H groups in total. The molecule has 1 aliphatic carbocycles. The molecule has 2 amide bonds. The maximum Gasteiger partial charge on any atom is 0.416 e. The zero-order valence-electron chi connectivity index (χ0n) is 22.2. The number of rotatable bonds is 7. The van der Waals surface area contributed by atoms with Gasteiger partial charge in [0.05, 0.1) is 18.2 Å². The molecule has 3 aromatic rings. The van der Waals surface area contributed by atoms with E-state index in [4.69, 9.17) is 21.1 Å². The van der Waals surface area contributed by atoms with E-state index in [9.17, 15) is 18.0 Å². The zero-order valence-corrected chi connectivity index (χ0v) is 23.0. The summed E-state index contributed by atoms with van der Waals surface area (Å²) in [6, 6.07) is 18.3. The standard InChI is InChI=1S/C31H29ClF3N3O3/c32-24-7-11-26(12-8-24)41-27-13-9-25(10-14-27)38-28(22-5-2-6-23(19-22)31(33,34)35)20-37(30(38)39)16-15-36-17-18-40-29(36)21-3-1-4-21/h2,5-14,19,28H,1,3-4,15-18,20H2. The number of halogens is 4. The Labute approximate surface area is 241 Å². The van der Waals surface area contributed by atoms with E-state index in [0.717, 1.165) is 43.8 Å². The van der Waals surface area contributed by atoms with Crippen LogP contribution in [-0.4, -0.2) is 48.6 Å². The highest BCUT2D eigenvalue weighted by atomic mass is 35.5. The molecule has 3 fully saturated rings. The Balaban J connectivity index is 1.25. The molecule has 2 aliphatic heterocycles. The summed E-state index contributed by atoms with van der Waals surface area (Å²) in [5, 5.41) is 0.596. The Morgan fingerprint density at radius 2 is 1.61 bits per heavy atom. The van der Waals surface area contributed by atoms with Crippen molar-refractivity contribution in [1.29, 1.82) is 0 Å². The summed E-state index contributed by atoms with van der Waals surface area (Å²) in [5.74, 6) is 2.10. The number of hydrogen-bond acceptors (Lipinski definition) is 4. The van der Waals surface area contributed by atoms with Gasteiger partial charge in [-0.3, -0.25) is 4.90 Å². The first-order valence-corrected chi connectivity index (χ1v) is 14.0. The van der Waals surface area contributed by atoms with Gasteiger partial charge in [0.1, 0.15) is 18.1 Å². The SMILES string of the molecule is O=C1N(CCN2CCOC2=C2CCC2)CC(c2cccc(C(F)(F)F)c2)N1c1ccc(Oc2ccc(Cl)cc2)cc1. The normalized spacial score (nSPS) is 19.1. The predicted octanol–water partition coefficient (Wildman–Crippen LogP) is 7.86. The summed E-state index contributed by atoms with van der Waals surface area (Å²) < 4.78 is 52.5. The lowest BCUT2D eigenvalue weighted by Crippen LogP contribution is -2.37. The number of anilines is 1. The van der Waals surface area contributed by atoms with Gasteiger partial charge in [-0.15, -0.1) is 0 Å².